The summed E-state index contributed by atoms with van der Waals surface area (Å²) in [7, 11) is -1.43. The largest absolute Gasteiger partial charge is 0.361 e. The third kappa shape index (κ3) is 3.13. The fourth-order valence-electron chi connectivity index (χ4n) is 2.46. The fraction of sp³-hybridized carbons (Fsp3) is 0.118. The third-order valence-corrected chi connectivity index (χ3v) is 6.02. The van der Waals surface area contributed by atoms with Crippen molar-refractivity contribution in [2.45, 2.75) is 4.71 Å². The Morgan fingerprint density at radius 2 is 1.96 bits per heavy atom. The molecule has 0 spiro atoms. The lowest BCUT2D eigenvalue weighted by Gasteiger charge is -2.09. The van der Waals surface area contributed by atoms with Gasteiger partial charge in [-0.3, -0.25) is 9.00 Å². The van der Waals surface area contributed by atoms with Gasteiger partial charge in [0.2, 0.25) is 0 Å². The second kappa shape index (κ2) is 6.59. The molecule has 3 aromatic rings. The van der Waals surface area contributed by atoms with Crippen LogP contribution in [0.4, 0.5) is 0 Å². The van der Waals surface area contributed by atoms with E-state index in [1.165, 1.54) is 6.26 Å². The number of benzene rings is 2. The van der Waals surface area contributed by atoms with Gasteiger partial charge in [0.25, 0.3) is 0 Å². The fourth-order valence-corrected chi connectivity index (χ4v) is 3.55. The minimum atomic E-state index is -1.43. The molecule has 0 fully saturated rings. The second-order valence-electron chi connectivity index (χ2n) is 5.12. The highest BCUT2D eigenvalue weighted by Crippen LogP contribution is 2.33. The number of fused-ring (bicyclic) bond motifs is 1. The van der Waals surface area contributed by atoms with Gasteiger partial charge in [-0.05, 0) is 33.6 Å². The molecule has 0 bridgehead atoms. The summed E-state index contributed by atoms with van der Waals surface area (Å²) in [6.45, 7) is 0. The van der Waals surface area contributed by atoms with Crippen molar-refractivity contribution in [2.75, 3.05) is 6.26 Å². The van der Waals surface area contributed by atoms with Gasteiger partial charge in [-0.15, -0.1) is 0 Å². The predicted molar refractivity (Wildman–Crippen MR) is 99.5 cm³/mol. The lowest BCUT2D eigenvalue weighted by molar-refractivity contribution is 0.101. The smallest absolute Gasteiger partial charge is 0.194 e. The Bertz CT molecular complexity index is 908. The van der Waals surface area contributed by atoms with Crippen LogP contribution >= 0.6 is 27.5 Å². The molecule has 1 aromatic heterocycles. The molecule has 0 saturated carbocycles. The van der Waals surface area contributed by atoms with Gasteiger partial charge in [-0.1, -0.05) is 41.9 Å². The lowest BCUT2D eigenvalue weighted by atomic mass is 10.0. The molecule has 0 aliphatic heterocycles. The number of aromatic amines is 1. The normalized spacial score (nSPS) is 13.9. The van der Waals surface area contributed by atoms with Crippen LogP contribution in [0.15, 0.2) is 53.1 Å². The molecule has 6 heteroatoms. The molecule has 3 nitrogen and oxygen atoms in total. The van der Waals surface area contributed by atoms with E-state index in [0.717, 1.165) is 22.0 Å². The van der Waals surface area contributed by atoms with Gasteiger partial charge < -0.3 is 4.98 Å². The maximum absolute atomic E-state index is 12.5. The van der Waals surface area contributed by atoms with Crippen LogP contribution in [0, 0.1) is 0 Å². The summed E-state index contributed by atoms with van der Waals surface area (Å²) in [6, 6.07) is 13.6. The first-order chi connectivity index (χ1) is 11.0. The van der Waals surface area contributed by atoms with Crippen LogP contribution in [-0.4, -0.2) is 25.9 Å². The van der Waals surface area contributed by atoms with Crippen LogP contribution in [0.1, 0.15) is 10.4 Å². The van der Waals surface area contributed by atoms with Crippen LogP contribution in [0.5, 0.6) is 0 Å². The zero-order chi connectivity index (χ0) is 16.6. The van der Waals surface area contributed by atoms with Crippen molar-refractivity contribution in [1.82, 2.24) is 4.98 Å². The summed E-state index contributed by atoms with van der Waals surface area (Å²) in [4.78, 5) is 15.7. The minimum Gasteiger partial charge on any atom is -0.361 e. The Labute approximate surface area is 149 Å². The van der Waals surface area contributed by atoms with Crippen LogP contribution in [0.25, 0.3) is 22.0 Å². The SMILES string of the molecule is CS(=O)C(Cl)C(=O)c1cc2c(-c3ccccc3)c[nH]c2cc1Br. The minimum absolute atomic E-state index is 0.346. The average molecular weight is 411 g/mol. The van der Waals surface area contributed by atoms with E-state index in [-0.39, 0.29) is 5.78 Å². The number of hydrogen-bond acceptors (Lipinski definition) is 2. The highest BCUT2D eigenvalue weighted by Gasteiger charge is 2.24. The lowest BCUT2D eigenvalue weighted by Crippen LogP contribution is -2.19. The standard InChI is InChI=1S/C17H13BrClNO2S/c1-23(22)17(19)16(21)12-7-11-13(10-5-3-2-4-6-10)9-20-15(11)8-14(12)18/h2-9,17,20H,1H3. The van der Waals surface area contributed by atoms with Crippen molar-refractivity contribution >= 4 is 55.0 Å². The van der Waals surface area contributed by atoms with Gasteiger partial charge in [0, 0.05) is 49.8 Å². The van der Waals surface area contributed by atoms with E-state index in [1.54, 1.807) is 6.07 Å². The van der Waals surface area contributed by atoms with Gasteiger partial charge >= 0.3 is 0 Å². The predicted octanol–water partition coefficient (Wildman–Crippen LogP) is 4.72. The Morgan fingerprint density at radius 1 is 1.26 bits per heavy atom. The maximum atomic E-state index is 12.5. The molecule has 2 unspecified atom stereocenters. The molecule has 23 heavy (non-hydrogen) atoms. The number of hydrogen-bond donors (Lipinski definition) is 1. The van der Waals surface area contributed by atoms with E-state index < -0.39 is 15.5 Å². The summed E-state index contributed by atoms with van der Waals surface area (Å²) in [5, 5.41) is 0.925. The number of carbonyl (C=O) groups is 1. The number of halogens is 2. The molecule has 1 heterocycles. The molecule has 0 aliphatic carbocycles. The molecule has 3 rings (SSSR count). The Kier molecular flexibility index (Phi) is 4.71. The van der Waals surface area contributed by atoms with Crippen LogP contribution in [0.3, 0.4) is 0 Å². The number of Topliss-reactive ketones (excluding diaryl/α,β-unsaturated/α-hetero) is 1. The Hall–Kier alpha value is -1.43. The summed E-state index contributed by atoms with van der Waals surface area (Å²) in [6.07, 6.45) is 3.34. The van der Waals surface area contributed by atoms with Gasteiger partial charge in [-0.25, -0.2) is 0 Å². The molecule has 2 atom stereocenters. The van der Waals surface area contributed by atoms with Crippen molar-refractivity contribution in [3.8, 4) is 11.1 Å². The topological polar surface area (TPSA) is 49.9 Å². The molecule has 0 radical (unpaired) electrons. The number of carbonyl (C=O) groups excluding carboxylic acids is 1. The first-order valence-corrected chi connectivity index (χ1v) is 9.70. The maximum Gasteiger partial charge on any atom is 0.194 e. The number of alkyl halides is 1. The Morgan fingerprint density at radius 3 is 2.61 bits per heavy atom. The summed E-state index contributed by atoms with van der Waals surface area (Å²) in [5.41, 5.74) is 3.41. The molecule has 0 aliphatic rings. The van der Waals surface area contributed by atoms with Gasteiger partial charge in [0.1, 0.15) is 0 Å². The van der Waals surface area contributed by atoms with E-state index in [1.807, 2.05) is 42.6 Å². The van der Waals surface area contributed by atoms with Crippen molar-refractivity contribution in [2.24, 2.45) is 0 Å². The first-order valence-electron chi connectivity index (χ1n) is 6.85. The van der Waals surface area contributed by atoms with Gasteiger partial charge in [-0.2, -0.15) is 0 Å². The van der Waals surface area contributed by atoms with Crippen molar-refractivity contribution in [3.63, 3.8) is 0 Å². The second-order valence-corrected chi connectivity index (χ2v) is 8.14. The number of rotatable bonds is 4. The summed E-state index contributed by atoms with van der Waals surface area (Å²) < 4.78 is 11.1. The van der Waals surface area contributed by atoms with Crippen LogP contribution < -0.4 is 0 Å². The molecule has 0 amide bonds. The molecule has 0 saturated heterocycles. The zero-order valence-electron chi connectivity index (χ0n) is 12.2. The third-order valence-electron chi connectivity index (χ3n) is 3.62. The monoisotopic (exact) mass is 409 g/mol. The highest BCUT2D eigenvalue weighted by molar-refractivity contribution is 9.10. The molecular formula is C17H13BrClNO2S. The van der Waals surface area contributed by atoms with E-state index >= 15 is 0 Å². The van der Waals surface area contributed by atoms with E-state index in [2.05, 4.69) is 20.9 Å². The summed E-state index contributed by atoms with van der Waals surface area (Å²) >= 11 is 9.38. The van der Waals surface area contributed by atoms with Gasteiger partial charge in [0.05, 0.1) is 0 Å². The number of H-pyrrole nitrogens is 1. The number of nitrogens with one attached hydrogen (secondary N) is 1. The first kappa shape index (κ1) is 16.4. The average Bonchev–Trinajstić information content (AvgIpc) is 2.96. The van der Waals surface area contributed by atoms with Crippen LogP contribution in [0.2, 0.25) is 0 Å². The van der Waals surface area contributed by atoms with Crippen molar-refractivity contribution in [1.29, 1.82) is 0 Å². The summed E-state index contributed by atoms with van der Waals surface area (Å²) in [5.74, 6) is -0.346. The Balaban J connectivity index is 2.16. The number of aromatic nitrogens is 1. The van der Waals surface area contributed by atoms with Crippen molar-refractivity contribution < 1.29 is 9.00 Å². The molecule has 118 valence electrons. The van der Waals surface area contributed by atoms with Crippen LogP contribution in [-0.2, 0) is 10.8 Å². The molecule has 2 aromatic carbocycles. The van der Waals surface area contributed by atoms with E-state index in [9.17, 15) is 9.00 Å². The van der Waals surface area contributed by atoms with E-state index in [0.29, 0.717) is 10.0 Å². The molecular weight excluding hydrogens is 398 g/mol. The zero-order valence-corrected chi connectivity index (χ0v) is 15.3. The molecule has 1 N–H and O–H groups in total. The quantitative estimate of drug-likeness (QED) is 0.499. The highest BCUT2D eigenvalue weighted by atomic mass is 79.9. The van der Waals surface area contributed by atoms with E-state index in [4.69, 9.17) is 11.6 Å². The van der Waals surface area contributed by atoms with Gasteiger partial charge in [0.15, 0.2) is 10.5 Å². The number of ketones is 1. The van der Waals surface area contributed by atoms with Crippen molar-refractivity contribution in [3.05, 3.63) is 58.7 Å².